The summed E-state index contributed by atoms with van der Waals surface area (Å²) in [5, 5.41) is 0. The predicted molar refractivity (Wildman–Crippen MR) is 85.0 cm³/mol. The molecule has 0 N–H and O–H groups in total. The molecule has 6 nitrogen and oxygen atoms in total. The molecular formula is C17H23N3O3. The SMILES string of the molecule is Cc1ccc(C(=O)N2CCC(C(=O)N3CCOCC3)CC2)cn1. The monoisotopic (exact) mass is 317 g/mol. The average Bonchev–Trinajstić information content (AvgIpc) is 2.62. The molecule has 0 unspecified atom stereocenters. The number of morpholine rings is 1. The highest BCUT2D eigenvalue weighted by molar-refractivity contribution is 5.94. The summed E-state index contributed by atoms with van der Waals surface area (Å²) < 4.78 is 5.29. The fourth-order valence-electron chi connectivity index (χ4n) is 3.15. The van der Waals surface area contributed by atoms with Crippen molar-refractivity contribution in [3.8, 4) is 0 Å². The number of nitrogens with zero attached hydrogens (tertiary/aromatic N) is 3. The summed E-state index contributed by atoms with van der Waals surface area (Å²) in [7, 11) is 0. The number of pyridine rings is 1. The lowest BCUT2D eigenvalue weighted by Crippen LogP contribution is -2.47. The van der Waals surface area contributed by atoms with Crippen molar-refractivity contribution in [2.24, 2.45) is 5.92 Å². The van der Waals surface area contributed by atoms with Crippen LogP contribution >= 0.6 is 0 Å². The number of piperidine rings is 1. The van der Waals surface area contributed by atoms with E-state index in [-0.39, 0.29) is 17.7 Å². The van der Waals surface area contributed by atoms with Gasteiger partial charge in [0.25, 0.3) is 5.91 Å². The van der Waals surface area contributed by atoms with Gasteiger partial charge in [0.15, 0.2) is 0 Å². The minimum absolute atomic E-state index is 0.00905. The van der Waals surface area contributed by atoms with E-state index in [9.17, 15) is 9.59 Å². The largest absolute Gasteiger partial charge is 0.378 e. The minimum Gasteiger partial charge on any atom is -0.378 e. The molecule has 0 bridgehead atoms. The maximum Gasteiger partial charge on any atom is 0.255 e. The third-order valence-corrected chi connectivity index (χ3v) is 4.61. The van der Waals surface area contributed by atoms with Crippen LogP contribution < -0.4 is 0 Å². The number of carbonyl (C=O) groups excluding carboxylic acids is 2. The van der Waals surface area contributed by atoms with Gasteiger partial charge in [0.2, 0.25) is 5.91 Å². The van der Waals surface area contributed by atoms with E-state index >= 15 is 0 Å². The summed E-state index contributed by atoms with van der Waals surface area (Å²) >= 11 is 0. The Hall–Kier alpha value is -1.95. The zero-order chi connectivity index (χ0) is 16.2. The molecule has 1 aromatic rings. The van der Waals surface area contributed by atoms with E-state index < -0.39 is 0 Å². The molecule has 124 valence electrons. The summed E-state index contributed by atoms with van der Waals surface area (Å²) in [6, 6.07) is 3.66. The van der Waals surface area contributed by atoms with Gasteiger partial charge in [-0.05, 0) is 31.9 Å². The first-order valence-corrected chi connectivity index (χ1v) is 8.23. The second kappa shape index (κ2) is 7.08. The third kappa shape index (κ3) is 3.69. The van der Waals surface area contributed by atoms with Crippen LogP contribution in [0.15, 0.2) is 18.3 Å². The zero-order valence-corrected chi connectivity index (χ0v) is 13.5. The van der Waals surface area contributed by atoms with E-state index in [0.29, 0.717) is 45.0 Å². The third-order valence-electron chi connectivity index (χ3n) is 4.61. The Morgan fingerprint density at radius 3 is 2.39 bits per heavy atom. The Morgan fingerprint density at radius 1 is 1.09 bits per heavy atom. The van der Waals surface area contributed by atoms with E-state index in [0.717, 1.165) is 18.5 Å². The number of aryl methyl sites for hydroxylation is 1. The Balaban J connectivity index is 1.54. The van der Waals surface area contributed by atoms with E-state index in [2.05, 4.69) is 4.98 Å². The van der Waals surface area contributed by atoms with Crippen molar-refractivity contribution in [3.63, 3.8) is 0 Å². The van der Waals surface area contributed by atoms with Gasteiger partial charge in [-0.2, -0.15) is 0 Å². The van der Waals surface area contributed by atoms with E-state index in [1.807, 2.05) is 28.9 Å². The van der Waals surface area contributed by atoms with Gasteiger partial charge >= 0.3 is 0 Å². The van der Waals surface area contributed by atoms with Gasteiger partial charge in [0, 0.05) is 44.0 Å². The Kier molecular flexibility index (Phi) is 4.91. The van der Waals surface area contributed by atoms with Crippen LogP contribution in [0.4, 0.5) is 0 Å². The fourth-order valence-corrected chi connectivity index (χ4v) is 3.15. The van der Waals surface area contributed by atoms with Gasteiger partial charge in [-0.15, -0.1) is 0 Å². The maximum atomic E-state index is 12.5. The molecule has 3 heterocycles. The number of ether oxygens (including phenoxy) is 1. The van der Waals surface area contributed by atoms with Crippen LogP contribution in [-0.4, -0.2) is 66.0 Å². The molecule has 2 fully saturated rings. The summed E-state index contributed by atoms with van der Waals surface area (Å²) in [5.74, 6) is 0.264. The molecule has 0 aromatic carbocycles. The second-order valence-electron chi connectivity index (χ2n) is 6.19. The Morgan fingerprint density at radius 2 is 1.78 bits per heavy atom. The van der Waals surface area contributed by atoms with Gasteiger partial charge < -0.3 is 14.5 Å². The second-order valence-corrected chi connectivity index (χ2v) is 6.19. The normalized spacial score (nSPS) is 19.7. The van der Waals surface area contributed by atoms with Crippen LogP contribution in [0.3, 0.4) is 0 Å². The van der Waals surface area contributed by atoms with Crippen LogP contribution in [0.5, 0.6) is 0 Å². The molecule has 3 rings (SSSR count). The minimum atomic E-state index is 0.00905. The topological polar surface area (TPSA) is 62.7 Å². The molecule has 0 spiro atoms. The van der Waals surface area contributed by atoms with Crippen molar-refractivity contribution < 1.29 is 14.3 Å². The fraction of sp³-hybridized carbons (Fsp3) is 0.588. The number of hydrogen-bond donors (Lipinski definition) is 0. The lowest BCUT2D eigenvalue weighted by atomic mass is 9.94. The van der Waals surface area contributed by atoms with Crippen LogP contribution in [-0.2, 0) is 9.53 Å². The van der Waals surface area contributed by atoms with E-state index in [1.54, 1.807) is 6.20 Å². The van der Waals surface area contributed by atoms with E-state index in [1.165, 1.54) is 0 Å². The summed E-state index contributed by atoms with van der Waals surface area (Å²) in [6.45, 7) is 5.80. The number of carbonyl (C=O) groups is 2. The van der Waals surface area contributed by atoms with Crippen molar-refractivity contribution in [1.29, 1.82) is 0 Å². The molecule has 0 saturated carbocycles. The molecule has 2 aliphatic rings. The number of amides is 2. The lowest BCUT2D eigenvalue weighted by molar-refractivity contribution is -0.141. The standard InChI is InChI=1S/C17H23N3O3/c1-13-2-3-15(12-18-13)17(22)19-6-4-14(5-7-19)16(21)20-8-10-23-11-9-20/h2-3,12,14H,4-11H2,1H3. The highest BCUT2D eigenvalue weighted by atomic mass is 16.5. The van der Waals surface area contributed by atoms with Gasteiger partial charge in [-0.1, -0.05) is 0 Å². The van der Waals surface area contributed by atoms with E-state index in [4.69, 9.17) is 4.74 Å². The zero-order valence-electron chi connectivity index (χ0n) is 13.5. The molecule has 2 aliphatic heterocycles. The van der Waals surface area contributed by atoms with Gasteiger partial charge in [0.1, 0.15) is 0 Å². The first kappa shape index (κ1) is 15.9. The quantitative estimate of drug-likeness (QED) is 0.819. The molecule has 0 aliphatic carbocycles. The molecule has 1 aromatic heterocycles. The highest BCUT2D eigenvalue weighted by Gasteiger charge is 2.31. The first-order chi connectivity index (χ1) is 11.1. The van der Waals surface area contributed by atoms with Crippen LogP contribution in [0.25, 0.3) is 0 Å². The predicted octanol–water partition coefficient (Wildman–Crippen LogP) is 1.10. The van der Waals surface area contributed by atoms with Crippen LogP contribution in [0.2, 0.25) is 0 Å². The summed E-state index contributed by atoms with van der Waals surface area (Å²) in [5.41, 5.74) is 1.52. The average molecular weight is 317 g/mol. The Labute approximate surface area is 136 Å². The number of hydrogen-bond acceptors (Lipinski definition) is 4. The summed E-state index contributed by atoms with van der Waals surface area (Å²) in [4.78, 5) is 32.9. The van der Waals surface area contributed by atoms with Crippen molar-refractivity contribution >= 4 is 11.8 Å². The smallest absolute Gasteiger partial charge is 0.255 e. The van der Waals surface area contributed by atoms with Crippen LogP contribution in [0, 0.1) is 12.8 Å². The van der Waals surface area contributed by atoms with Crippen LogP contribution in [0.1, 0.15) is 28.9 Å². The van der Waals surface area contributed by atoms with Gasteiger partial charge in [0.05, 0.1) is 18.8 Å². The van der Waals surface area contributed by atoms with Crippen molar-refractivity contribution in [2.75, 3.05) is 39.4 Å². The molecule has 0 atom stereocenters. The molecular weight excluding hydrogens is 294 g/mol. The van der Waals surface area contributed by atoms with Crippen molar-refractivity contribution in [3.05, 3.63) is 29.6 Å². The Bertz CT molecular complexity index is 559. The lowest BCUT2D eigenvalue weighted by Gasteiger charge is -2.35. The van der Waals surface area contributed by atoms with Gasteiger partial charge in [-0.3, -0.25) is 14.6 Å². The highest BCUT2D eigenvalue weighted by Crippen LogP contribution is 2.21. The molecule has 2 saturated heterocycles. The maximum absolute atomic E-state index is 12.5. The van der Waals surface area contributed by atoms with Crippen molar-refractivity contribution in [1.82, 2.24) is 14.8 Å². The number of aromatic nitrogens is 1. The number of likely N-dealkylation sites (tertiary alicyclic amines) is 1. The molecule has 0 radical (unpaired) electrons. The number of rotatable bonds is 2. The van der Waals surface area contributed by atoms with Crippen molar-refractivity contribution in [2.45, 2.75) is 19.8 Å². The molecule has 6 heteroatoms. The first-order valence-electron chi connectivity index (χ1n) is 8.23. The molecule has 23 heavy (non-hydrogen) atoms. The summed E-state index contributed by atoms with van der Waals surface area (Å²) in [6.07, 6.45) is 3.10. The van der Waals surface area contributed by atoms with Gasteiger partial charge in [-0.25, -0.2) is 0 Å². The molecule has 2 amide bonds.